The molecule has 0 bridgehead atoms. The minimum absolute atomic E-state index is 0.0999. The molecule has 3 fully saturated rings. The second-order valence-corrected chi connectivity index (χ2v) is 12.5. The molecule has 176 valence electrons. The minimum Gasteiger partial charge on any atom is -0.393 e. The number of aliphatic hydroxyl groups is 2. The summed E-state index contributed by atoms with van der Waals surface area (Å²) in [5.41, 5.74) is 3.90. The first-order chi connectivity index (χ1) is 14.7. The molecule has 4 rings (SSSR count). The monoisotopic (exact) mass is 428 g/mol. The van der Waals surface area contributed by atoms with Crippen molar-refractivity contribution in [2.24, 2.45) is 46.3 Å². The third-order valence-corrected chi connectivity index (χ3v) is 10.8. The Balaban J connectivity index is 1.47. The quantitative estimate of drug-likeness (QED) is 0.451. The van der Waals surface area contributed by atoms with Crippen molar-refractivity contribution in [3.63, 3.8) is 0 Å². The second kappa shape index (κ2) is 8.98. The average Bonchev–Trinajstić information content (AvgIpc) is 3.08. The van der Waals surface area contributed by atoms with Crippen LogP contribution >= 0.6 is 0 Å². The van der Waals surface area contributed by atoms with E-state index in [4.69, 9.17) is 0 Å². The highest BCUT2D eigenvalue weighted by atomic mass is 16.3. The summed E-state index contributed by atoms with van der Waals surface area (Å²) in [6.45, 7) is 12.4. The molecule has 2 N–H and O–H groups in total. The standard InChI is InChI=1S/C29H48O2/c1-19(2)21(14-17-30)7-6-20(3)25-10-11-26-24-9-8-22-18-23(31)12-15-28(22,4)27(24)13-16-29(25,26)5/h8,14,19-20,23-27,30-31H,6-7,9-13,15-18H2,1-5H3/t20-,23?,24+,25-,26+,27+,28+,29-/m1/s1. The van der Waals surface area contributed by atoms with Crippen molar-refractivity contribution in [2.75, 3.05) is 6.61 Å². The number of fused-ring (bicyclic) bond motifs is 5. The molecule has 0 saturated heterocycles. The zero-order chi connectivity index (χ0) is 22.4. The topological polar surface area (TPSA) is 40.5 Å². The van der Waals surface area contributed by atoms with Crippen LogP contribution in [0.25, 0.3) is 0 Å². The Morgan fingerprint density at radius 3 is 2.58 bits per heavy atom. The molecule has 4 aliphatic rings. The lowest BCUT2D eigenvalue weighted by Gasteiger charge is -2.58. The summed E-state index contributed by atoms with van der Waals surface area (Å²) in [6, 6.07) is 0. The molecule has 0 spiro atoms. The number of rotatable bonds is 6. The maximum Gasteiger partial charge on any atom is 0.0615 e. The van der Waals surface area contributed by atoms with Crippen LogP contribution in [0.1, 0.15) is 98.8 Å². The van der Waals surface area contributed by atoms with E-state index in [0.29, 0.717) is 16.7 Å². The normalized spacial score (nSPS) is 43.8. The van der Waals surface area contributed by atoms with Crippen molar-refractivity contribution in [3.05, 3.63) is 23.3 Å². The van der Waals surface area contributed by atoms with Gasteiger partial charge in [-0.05, 0) is 111 Å². The molecule has 3 saturated carbocycles. The lowest BCUT2D eigenvalue weighted by atomic mass is 9.47. The van der Waals surface area contributed by atoms with E-state index in [2.05, 4.69) is 46.8 Å². The SMILES string of the molecule is CC(C)C(=CCO)CC[C@@H](C)[C@H]1CC[C@H]2[C@@H]3CC=C4CC(O)CC[C@]4(C)[C@H]3CC[C@]12C. The maximum absolute atomic E-state index is 10.2. The molecule has 0 aliphatic heterocycles. The third kappa shape index (κ3) is 4.10. The summed E-state index contributed by atoms with van der Waals surface area (Å²) in [6.07, 6.45) is 17.0. The van der Waals surface area contributed by atoms with Gasteiger partial charge in [0.2, 0.25) is 0 Å². The molecule has 0 radical (unpaired) electrons. The molecule has 4 aliphatic carbocycles. The van der Waals surface area contributed by atoms with Crippen LogP contribution in [0.4, 0.5) is 0 Å². The molecule has 0 aromatic heterocycles. The Labute approximate surface area is 191 Å². The van der Waals surface area contributed by atoms with E-state index in [-0.39, 0.29) is 12.7 Å². The van der Waals surface area contributed by atoms with Crippen LogP contribution < -0.4 is 0 Å². The molecule has 1 unspecified atom stereocenters. The highest BCUT2D eigenvalue weighted by Gasteiger charge is 2.59. The zero-order valence-electron chi connectivity index (χ0n) is 20.9. The zero-order valence-corrected chi connectivity index (χ0v) is 20.9. The third-order valence-electron chi connectivity index (χ3n) is 10.8. The van der Waals surface area contributed by atoms with Gasteiger partial charge < -0.3 is 10.2 Å². The summed E-state index contributed by atoms with van der Waals surface area (Å²) in [4.78, 5) is 0. The van der Waals surface area contributed by atoms with Crippen LogP contribution in [-0.4, -0.2) is 22.9 Å². The van der Waals surface area contributed by atoms with E-state index in [9.17, 15) is 10.2 Å². The van der Waals surface area contributed by atoms with Gasteiger partial charge in [0.05, 0.1) is 12.7 Å². The van der Waals surface area contributed by atoms with Gasteiger partial charge in [-0.3, -0.25) is 0 Å². The molecule has 0 aromatic rings. The van der Waals surface area contributed by atoms with E-state index >= 15 is 0 Å². The molecule has 31 heavy (non-hydrogen) atoms. The summed E-state index contributed by atoms with van der Waals surface area (Å²) >= 11 is 0. The molecule has 2 nitrogen and oxygen atoms in total. The van der Waals surface area contributed by atoms with E-state index < -0.39 is 0 Å². The van der Waals surface area contributed by atoms with Crippen LogP contribution in [-0.2, 0) is 0 Å². The summed E-state index contributed by atoms with van der Waals surface area (Å²) in [5, 5.41) is 19.6. The van der Waals surface area contributed by atoms with E-state index in [1.54, 1.807) is 5.57 Å². The first kappa shape index (κ1) is 23.6. The number of hydrogen-bond acceptors (Lipinski definition) is 2. The fourth-order valence-corrected chi connectivity index (χ4v) is 8.96. The van der Waals surface area contributed by atoms with Gasteiger partial charge in [-0.15, -0.1) is 0 Å². The van der Waals surface area contributed by atoms with Gasteiger partial charge >= 0.3 is 0 Å². The molecular weight excluding hydrogens is 380 g/mol. The lowest BCUT2D eigenvalue weighted by Crippen LogP contribution is -2.50. The van der Waals surface area contributed by atoms with Gasteiger partial charge in [0.25, 0.3) is 0 Å². The van der Waals surface area contributed by atoms with E-state index in [1.165, 1.54) is 50.5 Å². The molecule has 0 aromatic carbocycles. The molecule has 8 atom stereocenters. The Kier molecular flexibility index (Phi) is 6.82. The Morgan fingerprint density at radius 1 is 1.10 bits per heavy atom. The van der Waals surface area contributed by atoms with Gasteiger partial charge in [-0.2, -0.15) is 0 Å². The number of hydrogen-bond donors (Lipinski definition) is 2. The van der Waals surface area contributed by atoms with Crippen molar-refractivity contribution < 1.29 is 10.2 Å². The average molecular weight is 429 g/mol. The van der Waals surface area contributed by atoms with Gasteiger partial charge in [0.15, 0.2) is 0 Å². The van der Waals surface area contributed by atoms with Gasteiger partial charge in [0, 0.05) is 0 Å². The Hall–Kier alpha value is -0.600. The molecule has 2 heteroatoms. The maximum atomic E-state index is 10.2. The first-order valence-corrected chi connectivity index (χ1v) is 13.4. The van der Waals surface area contributed by atoms with Gasteiger partial charge in [-0.25, -0.2) is 0 Å². The van der Waals surface area contributed by atoms with Crippen molar-refractivity contribution in [3.8, 4) is 0 Å². The Bertz CT molecular complexity index is 706. The predicted molar refractivity (Wildman–Crippen MR) is 130 cm³/mol. The first-order valence-electron chi connectivity index (χ1n) is 13.4. The van der Waals surface area contributed by atoms with Crippen LogP contribution in [0.15, 0.2) is 23.3 Å². The van der Waals surface area contributed by atoms with Gasteiger partial charge in [-0.1, -0.05) is 57.9 Å². The van der Waals surface area contributed by atoms with Crippen LogP contribution in [0.2, 0.25) is 0 Å². The lowest BCUT2D eigenvalue weighted by molar-refractivity contribution is -0.0571. The second-order valence-electron chi connectivity index (χ2n) is 12.5. The number of allylic oxidation sites excluding steroid dienone is 2. The van der Waals surface area contributed by atoms with Crippen LogP contribution in [0.5, 0.6) is 0 Å². The predicted octanol–water partition coefficient (Wildman–Crippen LogP) is 6.92. The van der Waals surface area contributed by atoms with Crippen molar-refractivity contribution >= 4 is 0 Å². The molecule has 0 amide bonds. The van der Waals surface area contributed by atoms with Crippen molar-refractivity contribution in [1.29, 1.82) is 0 Å². The van der Waals surface area contributed by atoms with E-state index in [0.717, 1.165) is 48.9 Å². The fraction of sp³-hybridized carbons (Fsp3) is 0.862. The highest BCUT2D eigenvalue weighted by Crippen LogP contribution is 2.67. The number of aliphatic hydroxyl groups excluding tert-OH is 2. The van der Waals surface area contributed by atoms with Crippen molar-refractivity contribution in [2.45, 2.75) is 105 Å². The van der Waals surface area contributed by atoms with Gasteiger partial charge in [0.1, 0.15) is 0 Å². The Morgan fingerprint density at radius 2 is 1.87 bits per heavy atom. The smallest absolute Gasteiger partial charge is 0.0615 e. The molecule has 0 heterocycles. The fourth-order valence-electron chi connectivity index (χ4n) is 8.96. The molecular formula is C29H48O2. The summed E-state index contributed by atoms with van der Waals surface area (Å²) in [5.74, 6) is 4.75. The largest absolute Gasteiger partial charge is 0.393 e. The summed E-state index contributed by atoms with van der Waals surface area (Å²) < 4.78 is 0. The summed E-state index contributed by atoms with van der Waals surface area (Å²) in [7, 11) is 0. The van der Waals surface area contributed by atoms with Crippen LogP contribution in [0.3, 0.4) is 0 Å². The van der Waals surface area contributed by atoms with Crippen molar-refractivity contribution in [1.82, 2.24) is 0 Å². The minimum atomic E-state index is -0.0999. The van der Waals surface area contributed by atoms with E-state index in [1.807, 2.05) is 0 Å². The highest BCUT2D eigenvalue weighted by molar-refractivity contribution is 5.25. The van der Waals surface area contributed by atoms with Crippen LogP contribution in [0, 0.1) is 46.3 Å².